The predicted molar refractivity (Wildman–Crippen MR) is 81.8 cm³/mol. The number of hydrogen-bond donors (Lipinski definition) is 1. The number of ether oxygens (including phenoxy) is 1. The zero-order valence-corrected chi connectivity index (χ0v) is 13.4. The lowest BCUT2D eigenvalue weighted by Gasteiger charge is -2.19. The highest BCUT2D eigenvalue weighted by atomic mass is 32.2. The molecule has 106 valence electrons. The van der Waals surface area contributed by atoms with Crippen LogP contribution in [-0.4, -0.2) is 16.8 Å². The molecule has 1 aromatic rings. The van der Waals surface area contributed by atoms with Gasteiger partial charge in [-0.15, -0.1) is 11.8 Å². The summed E-state index contributed by atoms with van der Waals surface area (Å²) >= 11 is 1.71. The maximum absolute atomic E-state index is 12.0. The zero-order valence-electron chi connectivity index (χ0n) is 12.5. The third-order valence-corrected chi connectivity index (χ3v) is 3.43. The van der Waals surface area contributed by atoms with Gasteiger partial charge in [-0.25, -0.2) is 4.79 Å². The van der Waals surface area contributed by atoms with Crippen molar-refractivity contribution in [1.29, 1.82) is 0 Å². The van der Waals surface area contributed by atoms with Gasteiger partial charge in [-0.1, -0.05) is 20.8 Å². The number of hydrogen-bond acceptors (Lipinski definition) is 4. The highest BCUT2D eigenvalue weighted by Crippen LogP contribution is 2.35. The van der Waals surface area contributed by atoms with Crippen molar-refractivity contribution in [3.63, 3.8) is 0 Å². The first kappa shape index (κ1) is 15.9. The molecule has 0 aromatic heterocycles. The van der Waals surface area contributed by atoms with Gasteiger partial charge in [0.25, 0.3) is 0 Å². The van der Waals surface area contributed by atoms with Crippen molar-refractivity contribution in [2.24, 2.45) is 0 Å². The van der Waals surface area contributed by atoms with Crippen molar-refractivity contribution in [2.75, 3.05) is 5.73 Å². The molecule has 0 heterocycles. The lowest BCUT2D eigenvalue weighted by atomic mass is 10.1. The van der Waals surface area contributed by atoms with Gasteiger partial charge in [-0.05, 0) is 38.5 Å². The summed E-state index contributed by atoms with van der Waals surface area (Å²) in [6, 6.07) is 3.83. The first-order valence-corrected chi connectivity index (χ1v) is 7.22. The number of anilines is 1. The van der Waals surface area contributed by atoms with E-state index in [1.807, 2.05) is 32.9 Å². The molecule has 0 fully saturated rings. The Morgan fingerprint density at radius 3 is 2.37 bits per heavy atom. The van der Waals surface area contributed by atoms with Gasteiger partial charge in [-0.2, -0.15) is 0 Å². The van der Waals surface area contributed by atoms with E-state index in [4.69, 9.17) is 10.5 Å². The van der Waals surface area contributed by atoms with Gasteiger partial charge in [0.1, 0.15) is 0 Å². The number of carbonyl (C=O) groups is 1. The number of esters is 1. The van der Waals surface area contributed by atoms with Crippen molar-refractivity contribution in [3.05, 3.63) is 23.3 Å². The topological polar surface area (TPSA) is 52.3 Å². The van der Waals surface area contributed by atoms with E-state index in [-0.39, 0.29) is 16.8 Å². The van der Waals surface area contributed by atoms with Crippen LogP contribution in [0.1, 0.15) is 50.5 Å². The summed E-state index contributed by atoms with van der Waals surface area (Å²) in [4.78, 5) is 13.1. The Balaban J connectivity index is 3.13. The van der Waals surface area contributed by atoms with Crippen molar-refractivity contribution in [1.82, 2.24) is 0 Å². The van der Waals surface area contributed by atoms with E-state index in [1.165, 1.54) is 0 Å². The van der Waals surface area contributed by atoms with Crippen LogP contribution in [0.15, 0.2) is 17.0 Å². The van der Waals surface area contributed by atoms with Crippen LogP contribution in [0.3, 0.4) is 0 Å². The van der Waals surface area contributed by atoms with Crippen LogP contribution in [0.25, 0.3) is 0 Å². The number of nitrogen functional groups attached to an aromatic ring is 1. The second-order valence-electron chi connectivity index (χ2n) is 5.87. The molecular formula is C15H23NO2S. The summed E-state index contributed by atoms with van der Waals surface area (Å²) in [6.45, 7) is 12.0. The van der Waals surface area contributed by atoms with E-state index in [0.717, 1.165) is 10.5 Å². The molecule has 1 rings (SSSR count). The minimum absolute atomic E-state index is 0.0851. The Hall–Kier alpha value is -1.16. The quantitative estimate of drug-likeness (QED) is 0.516. The maximum Gasteiger partial charge on any atom is 0.340 e. The number of nitrogens with two attached hydrogens (primary N) is 1. The number of carbonyl (C=O) groups excluding carboxylic acids is 1. The van der Waals surface area contributed by atoms with Crippen LogP contribution < -0.4 is 5.73 Å². The molecule has 0 saturated carbocycles. The van der Waals surface area contributed by atoms with E-state index in [0.29, 0.717) is 11.3 Å². The minimum atomic E-state index is -0.355. The average molecular weight is 281 g/mol. The van der Waals surface area contributed by atoms with Crippen LogP contribution in [0.2, 0.25) is 0 Å². The number of rotatable bonds is 3. The second kappa shape index (κ2) is 5.87. The van der Waals surface area contributed by atoms with Gasteiger partial charge >= 0.3 is 5.97 Å². The lowest BCUT2D eigenvalue weighted by molar-refractivity contribution is 0.0379. The monoisotopic (exact) mass is 281 g/mol. The average Bonchev–Trinajstić information content (AvgIpc) is 2.19. The fourth-order valence-corrected chi connectivity index (χ4v) is 2.74. The molecule has 1 aromatic carbocycles. The van der Waals surface area contributed by atoms with Crippen molar-refractivity contribution in [3.8, 4) is 0 Å². The molecule has 0 unspecified atom stereocenters. The summed E-state index contributed by atoms with van der Waals surface area (Å²) in [7, 11) is 0. The van der Waals surface area contributed by atoms with E-state index in [9.17, 15) is 4.79 Å². The lowest BCUT2D eigenvalue weighted by Crippen LogP contribution is -2.14. The summed E-state index contributed by atoms with van der Waals surface area (Å²) in [5.41, 5.74) is 7.85. The molecule has 0 amide bonds. The van der Waals surface area contributed by atoms with E-state index in [1.54, 1.807) is 11.8 Å². The molecule has 0 radical (unpaired) electrons. The molecule has 3 nitrogen and oxygen atoms in total. The Kier molecular flexibility index (Phi) is 4.91. The molecule has 0 aliphatic carbocycles. The van der Waals surface area contributed by atoms with Crippen molar-refractivity contribution in [2.45, 2.75) is 57.3 Å². The number of thioether (sulfide) groups is 1. The fraction of sp³-hybridized carbons (Fsp3) is 0.533. The van der Waals surface area contributed by atoms with Gasteiger partial charge < -0.3 is 10.5 Å². The van der Waals surface area contributed by atoms with E-state index >= 15 is 0 Å². The molecule has 2 N–H and O–H groups in total. The minimum Gasteiger partial charge on any atom is -0.459 e. The molecule has 0 saturated heterocycles. The molecule has 4 heteroatoms. The van der Waals surface area contributed by atoms with E-state index < -0.39 is 0 Å². The van der Waals surface area contributed by atoms with Gasteiger partial charge in [0.05, 0.1) is 11.7 Å². The Labute approximate surface area is 119 Å². The van der Waals surface area contributed by atoms with Gasteiger partial charge in [-0.3, -0.25) is 0 Å². The van der Waals surface area contributed by atoms with E-state index in [2.05, 4.69) is 20.8 Å². The summed E-state index contributed by atoms with van der Waals surface area (Å²) in [5.74, 6) is -0.355. The molecule has 0 bridgehead atoms. The van der Waals surface area contributed by atoms with Gasteiger partial charge in [0, 0.05) is 15.3 Å². The highest BCUT2D eigenvalue weighted by molar-refractivity contribution is 8.00. The molecule has 0 atom stereocenters. The fourth-order valence-electron chi connectivity index (χ4n) is 1.62. The molecule has 0 spiro atoms. The van der Waals surface area contributed by atoms with Crippen LogP contribution >= 0.6 is 11.8 Å². The standard InChI is InChI=1S/C15H23NO2S/c1-9(2)18-14(17)12-8-11(19-15(4,5)6)7-10(3)13(12)16/h7-9H,16H2,1-6H3. The molecule has 19 heavy (non-hydrogen) atoms. The summed E-state index contributed by atoms with van der Waals surface area (Å²) in [6.07, 6.45) is -0.147. The number of aryl methyl sites for hydroxylation is 1. The maximum atomic E-state index is 12.0. The first-order valence-electron chi connectivity index (χ1n) is 6.40. The third kappa shape index (κ3) is 4.78. The normalized spacial score (nSPS) is 11.7. The smallest absolute Gasteiger partial charge is 0.340 e. The van der Waals surface area contributed by atoms with Crippen molar-refractivity contribution >= 4 is 23.4 Å². The van der Waals surface area contributed by atoms with Crippen LogP contribution in [0.5, 0.6) is 0 Å². The molecule has 0 aliphatic rings. The number of benzene rings is 1. The van der Waals surface area contributed by atoms with Gasteiger partial charge in [0.15, 0.2) is 0 Å². The van der Waals surface area contributed by atoms with Crippen LogP contribution in [-0.2, 0) is 4.74 Å². The third-order valence-electron chi connectivity index (χ3n) is 2.35. The Morgan fingerprint density at radius 2 is 1.89 bits per heavy atom. The second-order valence-corrected chi connectivity index (χ2v) is 7.77. The zero-order chi connectivity index (χ0) is 14.8. The molecule has 0 aliphatic heterocycles. The Bertz CT molecular complexity index is 476. The predicted octanol–water partition coefficient (Wildman–Crippen LogP) is 4.03. The van der Waals surface area contributed by atoms with Crippen LogP contribution in [0, 0.1) is 6.92 Å². The summed E-state index contributed by atoms with van der Waals surface area (Å²) < 4.78 is 5.31. The Morgan fingerprint density at radius 1 is 1.32 bits per heavy atom. The first-order chi connectivity index (χ1) is 8.60. The summed E-state index contributed by atoms with van der Waals surface area (Å²) in [5, 5.41) is 0. The largest absolute Gasteiger partial charge is 0.459 e. The van der Waals surface area contributed by atoms with Gasteiger partial charge in [0.2, 0.25) is 0 Å². The van der Waals surface area contributed by atoms with Crippen molar-refractivity contribution < 1.29 is 9.53 Å². The SMILES string of the molecule is Cc1cc(SC(C)(C)C)cc(C(=O)OC(C)C)c1N. The molecular weight excluding hydrogens is 258 g/mol. The van der Waals surface area contributed by atoms with Crippen LogP contribution in [0.4, 0.5) is 5.69 Å². The highest BCUT2D eigenvalue weighted by Gasteiger charge is 2.18.